The highest BCUT2D eigenvalue weighted by Gasteiger charge is 1.87. The van der Waals surface area contributed by atoms with Crippen LogP contribution < -0.4 is 5.73 Å². The van der Waals surface area contributed by atoms with Crippen molar-refractivity contribution in [1.82, 2.24) is 0 Å². The van der Waals surface area contributed by atoms with Crippen LogP contribution in [-0.4, -0.2) is 17.1 Å². The van der Waals surface area contributed by atoms with Crippen LogP contribution in [0.2, 0.25) is 0 Å². The van der Waals surface area contributed by atoms with Crippen molar-refractivity contribution < 1.29 is 9.90 Å². The SMILES string of the molecule is C=CC(N)=O.CCCC(C)O. The Labute approximate surface area is 67.9 Å². The van der Waals surface area contributed by atoms with Gasteiger partial charge in [0.05, 0.1) is 6.10 Å². The van der Waals surface area contributed by atoms with Crippen LogP contribution in [0.25, 0.3) is 0 Å². The molecule has 0 aliphatic heterocycles. The molecule has 1 unspecified atom stereocenters. The van der Waals surface area contributed by atoms with Crippen molar-refractivity contribution in [3.8, 4) is 0 Å². The van der Waals surface area contributed by atoms with E-state index in [1.807, 2.05) is 6.92 Å². The molecule has 0 aromatic heterocycles. The van der Waals surface area contributed by atoms with Gasteiger partial charge >= 0.3 is 0 Å². The van der Waals surface area contributed by atoms with Gasteiger partial charge in [0.15, 0.2) is 0 Å². The summed E-state index contributed by atoms with van der Waals surface area (Å²) in [6.45, 7) is 6.96. The molecular formula is C8H17NO2. The molecule has 0 spiro atoms. The van der Waals surface area contributed by atoms with Gasteiger partial charge in [-0.2, -0.15) is 0 Å². The maximum absolute atomic E-state index is 9.47. The molecule has 11 heavy (non-hydrogen) atoms. The molecule has 0 saturated heterocycles. The van der Waals surface area contributed by atoms with Crippen molar-refractivity contribution in [3.63, 3.8) is 0 Å². The topological polar surface area (TPSA) is 63.3 Å². The van der Waals surface area contributed by atoms with Crippen LogP contribution in [0.5, 0.6) is 0 Å². The minimum absolute atomic E-state index is 0.102. The van der Waals surface area contributed by atoms with Gasteiger partial charge in [-0.1, -0.05) is 19.9 Å². The Morgan fingerprint density at radius 2 is 2.18 bits per heavy atom. The second kappa shape index (κ2) is 9.17. The van der Waals surface area contributed by atoms with Crippen molar-refractivity contribution in [2.45, 2.75) is 32.8 Å². The number of rotatable bonds is 3. The zero-order valence-corrected chi connectivity index (χ0v) is 7.21. The molecule has 3 heteroatoms. The van der Waals surface area contributed by atoms with Gasteiger partial charge in [0, 0.05) is 0 Å². The molecule has 0 radical (unpaired) electrons. The Hall–Kier alpha value is -0.830. The predicted molar refractivity (Wildman–Crippen MR) is 46.0 cm³/mol. The van der Waals surface area contributed by atoms with Crippen molar-refractivity contribution in [2.24, 2.45) is 5.73 Å². The summed E-state index contributed by atoms with van der Waals surface area (Å²) in [6.07, 6.45) is 2.97. The maximum atomic E-state index is 9.47. The van der Waals surface area contributed by atoms with E-state index >= 15 is 0 Å². The van der Waals surface area contributed by atoms with Crippen LogP contribution in [0.3, 0.4) is 0 Å². The highest BCUT2D eigenvalue weighted by molar-refractivity contribution is 5.84. The Balaban J connectivity index is 0. The zero-order valence-electron chi connectivity index (χ0n) is 7.21. The number of nitrogens with two attached hydrogens (primary N) is 1. The molecule has 3 nitrogen and oxygen atoms in total. The third-order valence-electron chi connectivity index (χ3n) is 0.908. The number of amides is 1. The van der Waals surface area contributed by atoms with Gasteiger partial charge in [0.2, 0.25) is 5.91 Å². The Morgan fingerprint density at radius 1 is 1.82 bits per heavy atom. The van der Waals surface area contributed by atoms with Crippen molar-refractivity contribution in [3.05, 3.63) is 12.7 Å². The molecule has 0 aliphatic rings. The Kier molecular flexibility index (Phi) is 10.7. The average molecular weight is 159 g/mol. The number of carbonyl (C=O) groups excluding carboxylic acids is 1. The molecule has 0 bridgehead atoms. The smallest absolute Gasteiger partial charge is 0.240 e. The first kappa shape index (κ1) is 12.8. The zero-order chi connectivity index (χ0) is 9.28. The fourth-order valence-corrected chi connectivity index (χ4v) is 0.418. The lowest BCUT2D eigenvalue weighted by Gasteiger charge is -1.95. The number of aliphatic hydroxyl groups excluding tert-OH is 1. The van der Waals surface area contributed by atoms with Crippen molar-refractivity contribution in [2.75, 3.05) is 0 Å². The van der Waals surface area contributed by atoms with Crippen LogP contribution in [0.4, 0.5) is 0 Å². The number of carbonyl (C=O) groups is 1. The first-order valence-electron chi connectivity index (χ1n) is 3.64. The van der Waals surface area contributed by atoms with Gasteiger partial charge in [-0.25, -0.2) is 0 Å². The van der Waals surface area contributed by atoms with Crippen molar-refractivity contribution >= 4 is 5.91 Å². The highest BCUT2D eigenvalue weighted by atomic mass is 16.3. The highest BCUT2D eigenvalue weighted by Crippen LogP contribution is 1.91. The van der Waals surface area contributed by atoms with E-state index in [-0.39, 0.29) is 6.10 Å². The monoisotopic (exact) mass is 159 g/mol. The molecule has 0 aromatic rings. The van der Waals surface area contributed by atoms with Gasteiger partial charge in [0.1, 0.15) is 0 Å². The predicted octanol–water partition coefficient (Wildman–Crippen LogP) is 0.825. The van der Waals surface area contributed by atoms with E-state index in [2.05, 4.69) is 19.2 Å². The van der Waals surface area contributed by atoms with Gasteiger partial charge in [-0.05, 0) is 19.4 Å². The molecule has 1 atom stereocenters. The lowest BCUT2D eigenvalue weighted by Crippen LogP contribution is -2.04. The second-order valence-electron chi connectivity index (χ2n) is 2.24. The molecule has 0 aromatic carbocycles. The van der Waals surface area contributed by atoms with E-state index in [1.165, 1.54) is 0 Å². The quantitative estimate of drug-likeness (QED) is 0.599. The fraction of sp³-hybridized carbons (Fsp3) is 0.625. The third-order valence-corrected chi connectivity index (χ3v) is 0.908. The number of hydrogen-bond acceptors (Lipinski definition) is 2. The summed E-state index contributed by atoms with van der Waals surface area (Å²) in [5, 5.41) is 8.55. The normalized spacial score (nSPS) is 10.8. The van der Waals surface area contributed by atoms with Gasteiger partial charge in [-0.15, -0.1) is 0 Å². The summed E-state index contributed by atoms with van der Waals surface area (Å²) >= 11 is 0. The van der Waals surface area contributed by atoms with Crippen LogP contribution in [0, 0.1) is 0 Å². The van der Waals surface area contributed by atoms with Gasteiger partial charge < -0.3 is 10.8 Å². The van der Waals surface area contributed by atoms with E-state index < -0.39 is 5.91 Å². The second-order valence-corrected chi connectivity index (χ2v) is 2.24. The molecule has 0 saturated carbocycles. The van der Waals surface area contributed by atoms with E-state index in [1.54, 1.807) is 0 Å². The van der Waals surface area contributed by atoms with E-state index in [0.717, 1.165) is 18.9 Å². The molecule has 66 valence electrons. The summed E-state index contributed by atoms with van der Waals surface area (Å²) in [6, 6.07) is 0. The Morgan fingerprint density at radius 3 is 2.18 bits per heavy atom. The molecule has 1 amide bonds. The molecule has 0 rings (SSSR count). The van der Waals surface area contributed by atoms with E-state index in [4.69, 9.17) is 5.11 Å². The molecular weight excluding hydrogens is 142 g/mol. The first-order valence-corrected chi connectivity index (χ1v) is 3.64. The average Bonchev–Trinajstić information content (AvgIpc) is 1.89. The lowest BCUT2D eigenvalue weighted by molar-refractivity contribution is -0.113. The minimum atomic E-state index is -0.481. The molecule has 3 N–H and O–H groups in total. The number of primary amides is 1. The summed E-state index contributed by atoms with van der Waals surface area (Å²) < 4.78 is 0. The number of aliphatic hydroxyl groups is 1. The summed E-state index contributed by atoms with van der Waals surface area (Å²) in [5.74, 6) is -0.481. The lowest BCUT2D eigenvalue weighted by atomic mass is 10.2. The molecule has 0 aliphatic carbocycles. The minimum Gasteiger partial charge on any atom is -0.393 e. The third kappa shape index (κ3) is 27.1. The largest absolute Gasteiger partial charge is 0.393 e. The summed E-state index contributed by atoms with van der Waals surface area (Å²) in [5.41, 5.74) is 4.53. The summed E-state index contributed by atoms with van der Waals surface area (Å²) in [7, 11) is 0. The van der Waals surface area contributed by atoms with Crippen molar-refractivity contribution in [1.29, 1.82) is 0 Å². The van der Waals surface area contributed by atoms with Crippen LogP contribution in [0.1, 0.15) is 26.7 Å². The number of hydrogen-bond donors (Lipinski definition) is 2. The summed E-state index contributed by atoms with van der Waals surface area (Å²) in [4.78, 5) is 9.47. The fourth-order valence-electron chi connectivity index (χ4n) is 0.418. The van der Waals surface area contributed by atoms with Crippen LogP contribution >= 0.6 is 0 Å². The first-order chi connectivity index (χ1) is 5.04. The molecule has 0 heterocycles. The maximum Gasteiger partial charge on any atom is 0.240 e. The van der Waals surface area contributed by atoms with E-state index in [0.29, 0.717) is 0 Å². The van der Waals surface area contributed by atoms with Gasteiger partial charge in [0.25, 0.3) is 0 Å². The van der Waals surface area contributed by atoms with Crippen LogP contribution in [0.15, 0.2) is 12.7 Å². The van der Waals surface area contributed by atoms with Gasteiger partial charge in [-0.3, -0.25) is 4.79 Å². The van der Waals surface area contributed by atoms with E-state index in [9.17, 15) is 4.79 Å². The standard InChI is InChI=1S/C5H12O.C3H5NO/c1-3-4-5(2)6;1-2-3(4)5/h5-6H,3-4H2,1-2H3;2H,1H2,(H2,4,5). The van der Waals surface area contributed by atoms with Crippen LogP contribution in [-0.2, 0) is 4.79 Å². The molecule has 0 fully saturated rings. The Bertz CT molecular complexity index is 111.